The Morgan fingerprint density at radius 1 is 1.12 bits per heavy atom. The Bertz CT molecular complexity index is 833. The molecule has 0 saturated carbocycles. The number of carbonyl (C=O) groups excluding carboxylic acids is 1. The van der Waals surface area contributed by atoms with Crippen molar-refractivity contribution in [2.75, 3.05) is 5.32 Å². The van der Waals surface area contributed by atoms with Gasteiger partial charge in [0.25, 0.3) is 5.91 Å². The lowest BCUT2D eigenvalue weighted by atomic mass is 9.87. The number of hydrogen-bond acceptors (Lipinski definition) is 4. The summed E-state index contributed by atoms with van der Waals surface area (Å²) in [6.45, 7) is 6.45. The van der Waals surface area contributed by atoms with Crippen molar-refractivity contribution in [2.24, 2.45) is 0 Å². The van der Waals surface area contributed by atoms with E-state index in [9.17, 15) is 4.79 Å². The average molecular weight is 337 g/mol. The van der Waals surface area contributed by atoms with Crippen LogP contribution in [0.1, 0.15) is 36.7 Å². The van der Waals surface area contributed by atoms with E-state index in [2.05, 4.69) is 36.1 Å². The number of anilines is 1. The van der Waals surface area contributed by atoms with Crippen LogP contribution in [-0.2, 0) is 5.41 Å². The quantitative estimate of drug-likeness (QED) is 0.750. The van der Waals surface area contributed by atoms with Crippen LogP contribution in [0.2, 0.25) is 0 Å². The predicted molar refractivity (Wildman–Crippen MR) is 98.4 cm³/mol. The van der Waals surface area contributed by atoms with Crippen molar-refractivity contribution in [1.29, 1.82) is 0 Å². The van der Waals surface area contributed by atoms with Crippen LogP contribution in [0.4, 0.5) is 5.13 Å². The molecule has 0 spiro atoms. The molecule has 0 bridgehead atoms. The zero-order valence-corrected chi connectivity index (χ0v) is 14.7. The third-order valence-corrected chi connectivity index (χ3v) is 4.45. The molecule has 1 aromatic carbocycles. The molecule has 0 saturated heterocycles. The minimum atomic E-state index is -0.150. The normalized spacial score (nSPS) is 11.3. The molecule has 1 amide bonds. The number of aromatic nitrogens is 2. The SMILES string of the molecule is CC(C)(C)c1ccc(C(=O)Nc2nc(-c3cccnc3)cs2)cc1. The van der Waals surface area contributed by atoms with E-state index in [-0.39, 0.29) is 11.3 Å². The first-order valence-electron chi connectivity index (χ1n) is 7.71. The van der Waals surface area contributed by atoms with Crippen LogP contribution in [-0.4, -0.2) is 15.9 Å². The lowest BCUT2D eigenvalue weighted by Crippen LogP contribution is -2.14. The summed E-state index contributed by atoms with van der Waals surface area (Å²) in [4.78, 5) is 20.9. The molecule has 24 heavy (non-hydrogen) atoms. The molecule has 1 N–H and O–H groups in total. The van der Waals surface area contributed by atoms with Crippen molar-refractivity contribution < 1.29 is 4.79 Å². The van der Waals surface area contributed by atoms with Gasteiger partial charge < -0.3 is 0 Å². The fraction of sp³-hybridized carbons (Fsp3) is 0.211. The van der Waals surface area contributed by atoms with Gasteiger partial charge >= 0.3 is 0 Å². The van der Waals surface area contributed by atoms with Crippen LogP contribution in [0.5, 0.6) is 0 Å². The fourth-order valence-corrected chi connectivity index (χ4v) is 2.98. The van der Waals surface area contributed by atoms with E-state index in [1.54, 1.807) is 12.4 Å². The number of hydrogen-bond donors (Lipinski definition) is 1. The lowest BCUT2D eigenvalue weighted by molar-refractivity contribution is 0.102. The number of nitrogens with one attached hydrogen (secondary N) is 1. The van der Waals surface area contributed by atoms with E-state index >= 15 is 0 Å². The van der Waals surface area contributed by atoms with Gasteiger partial charge in [0.1, 0.15) is 0 Å². The summed E-state index contributed by atoms with van der Waals surface area (Å²) >= 11 is 1.40. The average Bonchev–Trinajstić information content (AvgIpc) is 3.03. The Labute approximate surface area is 145 Å². The highest BCUT2D eigenvalue weighted by Crippen LogP contribution is 2.25. The summed E-state index contributed by atoms with van der Waals surface area (Å²) in [7, 11) is 0. The van der Waals surface area contributed by atoms with Crippen LogP contribution in [0.3, 0.4) is 0 Å². The fourth-order valence-electron chi connectivity index (χ4n) is 2.27. The molecule has 0 radical (unpaired) electrons. The van der Waals surface area contributed by atoms with Crippen LogP contribution in [0.15, 0.2) is 54.2 Å². The first kappa shape index (κ1) is 16.3. The Balaban J connectivity index is 1.72. The number of amides is 1. The minimum absolute atomic E-state index is 0.0724. The number of pyridine rings is 1. The van der Waals surface area contributed by atoms with Crippen molar-refractivity contribution in [3.05, 3.63) is 65.3 Å². The molecule has 122 valence electrons. The van der Waals surface area contributed by atoms with Gasteiger partial charge in [-0.25, -0.2) is 4.98 Å². The van der Waals surface area contributed by atoms with Crippen LogP contribution >= 0.6 is 11.3 Å². The first-order chi connectivity index (χ1) is 11.4. The van der Waals surface area contributed by atoms with E-state index < -0.39 is 0 Å². The van der Waals surface area contributed by atoms with E-state index in [1.165, 1.54) is 16.9 Å². The van der Waals surface area contributed by atoms with Gasteiger partial charge in [0.2, 0.25) is 0 Å². The molecule has 0 aliphatic rings. The zero-order chi connectivity index (χ0) is 17.2. The summed E-state index contributed by atoms with van der Waals surface area (Å²) in [6, 6.07) is 11.5. The molecule has 0 aliphatic carbocycles. The number of benzene rings is 1. The van der Waals surface area contributed by atoms with E-state index in [0.29, 0.717) is 10.7 Å². The molecular formula is C19H19N3OS. The van der Waals surface area contributed by atoms with Gasteiger partial charge in [-0.15, -0.1) is 11.3 Å². The third-order valence-electron chi connectivity index (χ3n) is 3.70. The zero-order valence-electron chi connectivity index (χ0n) is 13.9. The second kappa shape index (κ2) is 6.53. The largest absolute Gasteiger partial charge is 0.298 e. The monoisotopic (exact) mass is 337 g/mol. The summed E-state index contributed by atoms with van der Waals surface area (Å²) in [5.41, 5.74) is 3.65. The first-order valence-corrected chi connectivity index (χ1v) is 8.59. The Morgan fingerprint density at radius 3 is 2.50 bits per heavy atom. The van der Waals surface area contributed by atoms with Crippen molar-refractivity contribution in [1.82, 2.24) is 9.97 Å². The molecule has 2 aromatic heterocycles. The molecule has 0 aliphatic heterocycles. The van der Waals surface area contributed by atoms with Gasteiger partial charge in [0.05, 0.1) is 5.69 Å². The summed E-state index contributed by atoms with van der Waals surface area (Å²) in [5.74, 6) is -0.150. The molecule has 0 atom stereocenters. The highest BCUT2D eigenvalue weighted by atomic mass is 32.1. The highest BCUT2D eigenvalue weighted by Gasteiger charge is 2.15. The highest BCUT2D eigenvalue weighted by molar-refractivity contribution is 7.14. The molecule has 3 aromatic rings. The van der Waals surface area contributed by atoms with Crippen LogP contribution in [0, 0.1) is 0 Å². The molecule has 3 rings (SSSR count). The predicted octanol–water partition coefficient (Wildman–Crippen LogP) is 4.75. The molecule has 0 unspecified atom stereocenters. The van der Waals surface area contributed by atoms with E-state index in [4.69, 9.17) is 0 Å². The Hall–Kier alpha value is -2.53. The van der Waals surface area contributed by atoms with Gasteiger partial charge in [-0.2, -0.15) is 0 Å². The number of carbonyl (C=O) groups is 1. The molecule has 0 fully saturated rings. The summed E-state index contributed by atoms with van der Waals surface area (Å²) < 4.78 is 0. The summed E-state index contributed by atoms with van der Waals surface area (Å²) in [6.07, 6.45) is 3.48. The van der Waals surface area contributed by atoms with E-state index in [0.717, 1.165) is 11.3 Å². The maximum absolute atomic E-state index is 12.4. The molecule has 2 heterocycles. The second-order valence-electron chi connectivity index (χ2n) is 6.56. The topological polar surface area (TPSA) is 54.9 Å². The van der Waals surface area contributed by atoms with Gasteiger partial charge in [-0.3, -0.25) is 15.1 Å². The van der Waals surface area contributed by atoms with Gasteiger partial charge in [-0.1, -0.05) is 32.9 Å². The van der Waals surface area contributed by atoms with Gasteiger partial charge in [0, 0.05) is 28.9 Å². The lowest BCUT2D eigenvalue weighted by Gasteiger charge is -2.18. The Kier molecular flexibility index (Phi) is 4.44. The number of rotatable bonds is 3. The Morgan fingerprint density at radius 2 is 1.88 bits per heavy atom. The van der Waals surface area contributed by atoms with Crippen LogP contribution in [0.25, 0.3) is 11.3 Å². The van der Waals surface area contributed by atoms with Crippen molar-refractivity contribution in [2.45, 2.75) is 26.2 Å². The minimum Gasteiger partial charge on any atom is -0.298 e. The van der Waals surface area contributed by atoms with Crippen molar-refractivity contribution in [3.8, 4) is 11.3 Å². The smallest absolute Gasteiger partial charge is 0.257 e. The van der Waals surface area contributed by atoms with Gasteiger partial charge in [-0.05, 0) is 35.2 Å². The van der Waals surface area contributed by atoms with Crippen molar-refractivity contribution >= 4 is 22.4 Å². The molecule has 5 heteroatoms. The third kappa shape index (κ3) is 3.68. The standard InChI is InChI=1S/C19H19N3OS/c1-19(2,3)15-8-6-13(7-9-15)17(23)22-18-21-16(12-24-18)14-5-4-10-20-11-14/h4-12H,1-3H3,(H,21,22,23). The maximum Gasteiger partial charge on any atom is 0.257 e. The molecular weight excluding hydrogens is 318 g/mol. The van der Waals surface area contributed by atoms with Crippen molar-refractivity contribution in [3.63, 3.8) is 0 Å². The second-order valence-corrected chi connectivity index (χ2v) is 7.42. The van der Waals surface area contributed by atoms with E-state index in [1.807, 2.05) is 41.8 Å². The maximum atomic E-state index is 12.4. The summed E-state index contributed by atoms with van der Waals surface area (Å²) in [5, 5.41) is 5.35. The number of nitrogens with zero attached hydrogens (tertiary/aromatic N) is 2. The number of thiazole rings is 1. The molecule has 4 nitrogen and oxygen atoms in total. The van der Waals surface area contributed by atoms with Gasteiger partial charge in [0.15, 0.2) is 5.13 Å². The van der Waals surface area contributed by atoms with Crippen LogP contribution < -0.4 is 5.32 Å².